The van der Waals surface area contributed by atoms with E-state index in [2.05, 4.69) is 33.9 Å². The third kappa shape index (κ3) is 3.00. The zero-order valence-corrected chi connectivity index (χ0v) is 14.6. The average molecular weight is 322 g/mol. The summed E-state index contributed by atoms with van der Waals surface area (Å²) >= 11 is 0. The van der Waals surface area contributed by atoms with Gasteiger partial charge in [-0.15, -0.1) is 0 Å². The average Bonchev–Trinajstić information content (AvgIpc) is 2.37. The van der Waals surface area contributed by atoms with E-state index >= 15 is 0 Å². The van der Waals surface area contributed by atoms with Crippen LogP contribution < -0.4 is 14.9 Å². The van der Waals surface area contributed by atoms with Gasteiger partial charge < -0.3 is 14.1 Å². The number of rotatable bonds is 3. The summed E-state index contributed by atoms with van der Waals surface area (Å²) in [5, 5.41) is 29.4. The van der Waals surface area contributed by atoms with Gasteiger partial charge >= 0.3 is 0 Å². The Morgan fingerprint density at radius 3 is 2.50 bits per heavy atom. The maximum atomic E-state index is 11.9. The van der Waals surface area contributed by atoms with Crippen LogP contribution in [0.5, 0.6) is 5.75 Å². The molecule has 0 fully saturated rings. The van der Waals surface area contributed by atoms with Crippen LogP contribution in [0.15, 0.2) is 22.7 Å². The third-order valence-corrected chi connectivity index (χ3v) is 8.53. The molecule has 2 rings (SSSR count). The molecule has 2 N–H and O–H groups in total. The molecule has 6 nitrogen and oxygen atoms in total. The van der Waals surface area contributed by atoms with E-state index in [1.807, 2.05) is 0 Å². The summed E-state index contributed by atoms with van der Waals surface area (Å²) in [4.78, 5) is 0.287. The molecule has 0 spiro atoms. The maximum absolute atomic E-state index is 11.9. The minimum Gasteiger partial charge on any atom is -0.543 e. The summed E-state index contributed by atoms with van der Waals surface area (Å²) in [5.74, 6) is 0.516. The molecule has 0 aliphatic rings. The number of benzene rings is 1. The van der Waals surface area contributed by atoms with Crippen molar-refractivity contribution in [2.24, 2.45) is 0 Å². The highest BCUT2D eigenvalue weighted by atomic mass is 28.4. The first-order valence-corrected chi connectivity index (χ1v) is 10.0. The smallest absolute Gasteiger partial charge is 0.279 e. The van der Waals surface area contributed by atoms with E-state index in [1.165, 1.54) is 6.07 Å². The van der Waals surface area contributed by atoms with Crippen LogP contribution in [-0.4, -0.2) is 13.4 Å². The molecule has 0 unspecified atom stereocenters. The highest BCUT2D eigenvalue weighted by Gasteiger charge is 2.39. The number of nitrogens with one attached hydrogen (secondary N) is 1. The lowest BCUT2D eigenvalue weighted by molar-refractivity contribution is -0.779. The fraction of sp³-hybridized carbons (Fsp3) is 0.467. The Kier molecular flexibility index (Phi) is 4.05. The van der Waals surface area contributed by atoms with Gasteiger partial charge in [-0.3, -0.25) is 10.6 Å². The number of fused-ring (bicyclic) bond motifs is 1. The molecule has 0 saturated carbocycles. The van der Waals surface area contributed by atoms with Crippen molar-refractivity contribution in [1.82, 2.24) is 0 Å². The second kappa shape index (κ2) is 5.40. The van der Waals surface area contributed by atoms with Gasteiger partial charge in [0.05, 0.1) is 16.9 Å². The van der Waals surface area contributed by atoms with Crippen LogP contribution in [0.3, 0.4) is 0 Å². The SMILES string of the molecule is CC(C)(C)[Si](C)(C)Oc1cc(CO)cc2c1cc(=N)o[n+]2[O-]. The van der Waals surface area contributed by atoms with E-state index in [0.29, 0.717) is 16.7 Å². The Morgan fingerprint density at radius 1 is 1.32 bits per heavy atom. The molecule has 2 aromatic rings. The second-order valence-electron chi connectivity index (χ2n) is 6.90. The molecule has 0 saturated heterocycles. The lowest BCUT2D eigenvalue weighted by Crippen LogP contribution is -2.44. The molecule has 0 bridgehead atoms. The number of hydrogen-bond acceptors (Lipinski definition) is 5. The molecule has 0 amide bonds. The molecule has 22 heavy (non-hydrogen) atoms. The molecule has 7 heteroatoms. The van der Waals surface area contributed by atoms with Gasteiger partial charge in [0.2, 0.25) is 0 Å². The van der Waals surface area contributed by atoms with Gasteiger partial charge in [-0.2, -0.15) is 0 Å². The maximum Gasteiger partial charge on any atom is 0.279 e. The third-order valence-electron chi connectivity index (χ3n) is 4.19. The van der Waals surface area contributed by atoms with Crippen molar-refractivity contribution in [3.05, 3.63) is 34.5 Å². The van der Waals surface area contributed by atoms with Crippen molar-refractivity contribution in [2.75, 3.05) is 0 Å². The van der Waals surface area contributed by atoms with E-state index in [4.69, 9.17) is 14.4 Å². The van der Waals surface area contributed by atoms with Crippen molar-refractivity contribution in [3.63, 3.8) is 0 Å². The Balaban J connectivity index is 2.69. The summed E-state index contributed by atoms with van der Waals surface area (Å²) < 4.78 is 11.0. The van der Waals surface area contributed by atoms with Crippen LogP contribution in [0.1, 0.15) is 26.3 Å². The van der Waals surface area contributed by atoms with Gasteiger partial charge in [0.25, 0.3) is 13.8 Å². The molecule has 0 aliphatic heterocycles. The van der Waals surface area contributed by atoms with Gasteiger partial charge in [-0.1, -0.05) is 20.8 Å². The van der Waals surface area contributed by atoms with Crippen LogP contribution in [-0.2, 0) is 6.61 Å². The predicted molar refractivity (Wildman–Crippen MR) is 84.8 cm³/mol. The zero-order chi connectivity index (χ0) is 16.7. The first-order valence-electron chi connectivity index (χ1n) is 7.10. The molecule has 0 atom stereocenters. The summed E-state index contributed by atoms with van der Waals surface area (Å²) in [5.41, 5.74) is 0.578. The monoisotopic (exact) mass is 322 g/mol. The minimum atomic E-state index is -2.12. The molecule has 0 aliphatic carbocycles. The number of nitrogens with zero attached hydrogens (tertiary/aromatic N) is 1. The van der Waals surface area contributed by atoms with Crippen LogP contribution >= 0.6 is 0 Å². The Bertz CT molecular complexity index is 762. The Hall–Kier alpha value is -1.86. The first-order chi connectivity index (χ1) is 10.0. The highest BCUT2D eigenvalue weighted by Crippen LogP contribution is 2.39. The van der Waals surface area contributed by atoms with E-state index in [-0.39, 0.29) is 27.6 Å². The Labute approximate surface area is 130 Å². The molecular weight excluding hydrogens is 300 g/mol. The standard InChI is InChI=1S/C15H22N2O4Si/c1-15(2,3)22(4,5)21-13-7-10(9-18)6-12-11(13)8-14(16)20-17(12)19/h6-8,16,18H,9H2,1-5H3. The minimum absolute atomic E-state index is 0.00900. The molecule has 120 valence electrons. The lowest BCUT2D eigenvalue weighted by atomic mass is 10.1. The van der Waals surface area contributed by atoms with Crippen LogP contribution in [0.2, 0.25) is 18.1 Å². The van der Waals surface area contributed by atoms with Crippen molar-refractivity contribution in [3.8, 4) is 5.75 Å². The molecule has 0 radical (unpaired) electrons. The second-order valence-corrected chi connectivity index (χ2v) is 11.6. The van der Waals surface area contributed by atoms with Crippen molar-refractivity contribution >= 4 is 19.2 Å². The topological polar surface area (TPSA) is 93.4 Å². The predicted octanol–water partition coefficient (Wildman–Crippen LogP) is 2.42. The zero-order valence-electron chi connectivity index (χ0n) is 13.6. The number of hydrogen-bond donors (Lipinski definition) is 2. The molecular formula is C15H22N2O4Si. The van der Waals surface area contributed by atoms with Crippen LogP contribution in [0, 0.1) is 10.6 Å². The van der Waals surface area contributed by atoms with E-state index in [0.717, 1.165) is 0 Å². The largest absolute Gasteiger partial charge is 0.543 e. The first kappa shape index (κ1) is 16.5. The van der Waals surface area contributed by atoms with Gasteiger partial charge in [0, 0.05) is 6.07 Å². The van der Waals surface area contributed by atoms with Crippen molar-refractivity contribution in [2.45, 2.75) is 45.5 Å². The van der Waals surface area contributed by atoms with Gasteiger partial charge in [-0.25, -0.2) is 0 Å². The molecule has 1 aromatic heterocycles. The summed E-state index contributed by atoms with van der Waals surface area (Å²) in [7, 11) is -2.12. The molecule has 1 heterocycles. The van der Waals surface area contributed by atoms with Crippen LogP contribution in [0.4, 0.5) is 0 Å². The van der Waals surface area contributed by atoms with E-state index in [1.54, 1.807) is 12.1 Å². The quantitative estimate of drug-likeness (QED) is 0.670. The summed E-state index contributed by atoms with van der Waals surface area (Å²) in [6.45, 7) is 10.4. The van der Waals surface area contributed by atoms with Crippen LogP contribution in [0.25, 0.3) is 10.9 Å². The van der Waals surface area contributed by atoms with Gasteiger partial charge in [0.15, 0.2) is 5.55 Å². The van der Waals surface area contributed by atoms with E-state index in [9.17, 15) is 10.3 Å². The summed E-state index contributed by atoms with van der Waals surface area (Å²) in [6.07, 6.45) is 0. The number of aliphatic hydroxyl groups excluding tert-OH is 1. The fourth-order valence-corrected chi connectivity index (χ4v) is 2.89. The normalized spacial score (nSPS) is 12.6. The summed E-state index contributed by atoms with van der Waals surface area (Å²) in [6, 6.07) is 4.74. The number of aliphatic hydroxyl groups is 1. The lowest BCUT2D eigenvalue weighted by Gasteiger charge is -2.36. The van der Waals surface area contributed by atoms with Gasteiger partial charge in [0.1, 0.15) is 5.75 Å². The highest BCUT2D eigenvalue weighted by molar-refractivity contribution is 6.74. The van der Waals surface area contributed by atoms with Crippen molar-refractivity contribution < 1.29 is 19.0 Å². The number of aromatic nitrogens is 1. The molecule has 1 aromatic carbocycles. The van der Waals surface area contributed by atoms with Gasteiger partial charge in [-0.05, 0) is 35.8 Å². The van der Waals surface area contributed by atoms with Crippen molar-refractivity contribution in [1.29, 1.82) is 5.41 Å². The fourth-order valence-electron chi connectivity index (χ4n) is 1.86. The Morgan fingerprint density at radius 2 is 1.95 bits per heavy atom. The van der Waals surface area contributed by atoms with E-state index < -0.39 is 8.32 Å².